The Kier molecular flexibility index (Phi) is 5.88. The molecule has 1 aromatic rings. The van der Waals surface area contributed by atoms with Gasteiger partial charge in [-0.15, -0.1) is 0 Å². The van der Waals surface area contributed by atoms with E-state index in [1.807, 2.05) is 29.2 Å². The van der Waals surface area contributed by atoms with Gasteiger partial charge in [0, 0.05) is 39.1 Å². The fourth-order valence-corrected chi connectivity index (χ4v) is 3.47. The van der Waals surface area contributed by atoms with Crippen molar-refractivity contribution >= 4 is 12.0 Å². The highest BCUT2D eigenvalue weighted by Crippen LogP contribution is 2.32. The number of carbonyl (C=O) groups excluding carboxylic acids is 1. The van der Waals surface area contributed by atoms with Crippen LogP contribution in [0.5, 0.6) is 0 Å². The van der Waals surface area contributed by atoms with E-state index in [1.54, 1.807) is 0 Å². The first kappa shape index (κ1) is 17.7. The fourth-order valence-electron chi connectivity index (χ4n) is 3.47. The molecule has 0 bridgehead atoms. The van der Waals surface area contributed by atoms with Crippen LogP contribution >= 0.6 is 0 Å². The molecule has 3 rings (SSSR count). The zero-order valence-electron chi connectivity index (χ0n) is 14.3. The molecule has 2 N–H and O–H groups in total. The maximum Gasteiger partial charge on any atom is 0.404 e. The van der Waals surface area contributed by atoms with Gasteiger partial charge in [-0.25, -0.2) is 4.79 Å². The van der Waals surface area contributed by atoms with E-state index in [4.69, 9.17) is 9.84 Å². The van der Waals surface area contributed by atoms with Gasteiger partial charge in [0.1, 0.15) is 0 Å². The van der Waals surface area contributed by atoms with Gasteiger partial charge in [-0.2, -0.15) is 0 Å². The zero-order chi connectivity index (χ0) is 17.6. The molecule has 0 aromatic heterocycles. The third kappa shape index (κ3) is 4.70. The van der Waals surface area contributed by atoms with Crippen molar-refractivity contribution in [2.75, 3.05) is 39.4 Å². The molecular formula is C18H25N3O4. The van der Waals surface area contributed by atoms with Crippen molar-refractivity contribution in [1.29, 1.82) is 0 Å². The number of rotatable bonds is 6. The summed E-state index contributed by atoms with van der Waals surface area (Å²) in [6.07, 6.45) is 0.407. The molecule has 1 atom stereocenters. The third-order valence-electron chi connectivity index (χ3n) is 4.90. The number of carboxylic acid groups (broad SMARTS) is 1. The number of hydrogen-bond donors (Lipinski definition) is 2. The summed E-state index contributed by atoms with van der Waals surface area (Å²) in [7, 11) is 0. The minimum absolute atomic E-state index is 0.120. The number of hydrogen-bond acceptors (Lipinski definition) is 4. The Labute approximate surface area is 147 Å². The van der Waals surface area contributed by atoms with Crippen LogP contribution in [-0.2, 0) is 16.1 Å². The van der Waals surface area contributed by atoms with Gasteiger partial charge in [0.2, 0.25) is 5.91 Å². The number of nitrogens with zero attached hydrogens (tertiary/aromatic N) is 2. The topological polar surface area (TPSA) is 82.1 Å². The van der Waals surface area contributed by atoms with Crippen LogP contribution in [-0.4, -0.2) is 66.3 Å². The van der Waals surface area contributed by atoms with Crippen LogP contribution in [0.1, 0.15) is 30.0 Å². The fraction of sp³-hybridized carbons (Fsp3) is 0.556. The zero-order valence-corrected chi connectivity index (χ0v) is 14.3. The molecule has 1 aromatic carbocycles. The van der Waals surface area contributed by atoms with Gasteiger partial charge in [0.25, 0.3) is 0 Å². The molecule has 2 fully saturated rings. The lowest BCUT2D eigenvalue weighted by atomic mass is 10.0. The summed E-state index contributed by atoms with van der Waals surface area (Å²) < 4.78 is 5.36. The average Bonchev–Trinajstić information content (AvgIpc) is 3.00. The van der Waals surface area contributed by atoms with Crippen molar-refractivity contribution in [3.63, 3.8) is 0 Å². The number of ether oxygens (including phenoxy) is 1. The number of carbonyl (C=O) groups is 2. The lowest BCUT2D eigenvalue weighted by molar-refractivity contribution is -0.129. The van der Waals surface area contributed by atoms with E-state index in [9.17, 15) is 9.59 Å². The molecule has 0 spiro atoms. The summed E-state index contributed by atoms with van der Waals surface area (Å²) in [4.78, 5) is 27.2. The first-order valence-corrected chi connectivity index (χ1v) is 8.78. The van der Waals surface area contributed by atoms with Gasteiger partial charge in [-0.3, -0.25) is 9.69 Å². The maximum atomic E-state index is 12.3. The van der Waals surface area contributed by atoms with Crippen LogP contribution in [0.25, 0.3) is 0 Å². The molecule has 2 heterocycles. The lowest BCUT2D eigenvalue weighted by Gasteiger charge is -2.31. The van der Waals surface area contributed by atoms with Crippen molar-refractivity contribution in [2.45, 2.75) is 25.4 Å². The molecular weight excluding hydrogens is 322 g/mol. The SMILES string of the molecule is O=C(O)NCc1ccc(C2CCC(=O)N2CCN2CCOCC2)cc1. The van der Waals surface area contributed by atoms with Crippen molar-refractivity contribution in [1.82, 2.24) is 15.1 Å². The molecule has 0 aliphatic carbocycles. The van der Waals surface area contributed by atoms with Crippen LogP contribution in [0.3, 0.4) is 0 Å². The van der Waals surface area contributed by atoms with Crippen molar-refractivity contribution in [2.24, 2.45) is 0 Å². The number of amides is 2. The van der Waals surface area contributed by atoms with Crippen LogP contribution < -0.4 is 5.32 Å². The first-order valence-electron chi connectivity index (χ1n) is 8.78. The van der Waals surface area contributed by atoms with Gasteiger partial charge in [0.15, 0.2) is 0 Å². The lowest BCUT2D eigenvalue weighted by Crippen LogP contribution is -2.42. The predicted molar refractivity (Wildman–Crippen MR) is 92.3 cm³/mol. The molecule has 136 valence electrons. The molecule has 2 aliphatic rings. The Morgan fingerprint density at radius 3 is 2.60 bits per heavy atom. The van der Waals surface area contributed by atoms with E-state index in [1.165, 1.54) is 0 Å². The van der Waals surface area contributed by atoms with Gasteiger partial charge in [0.05, 0.1) is 19.3 Å². The molecule has 2 aliphatic heterocycles. The smallest absolute Gasteiger partial charge is 0.404 e. The van der Waals surface area contributed by atoms with Crippen LogP contribution in [0.15, 0.2) is 24.3 Å². The molecule has 2 saturated heterocycles. The molecule has 7 heteroatoms. The van der Waals surface area contributed by atoms with E-state index in [0.29, 0.717) is 13.0 Å². The second kappa shape index (κ2) is 8.31. The summed E-state index contributed by atoms with van der Waals surface area (Å²) in [6.45, 7) is 5.31. The summed E-state index contributed by atoms with van der Waals surface area (Å²) in [5.41, 5.74) is 2.03. The summed E-state index contributed by atoms with van der Waals surface area (Å²) in [5.74, 6) is 0.217. The molecule has 25 heavy (non-hydrogen) atoms. The Bertz CT molecular complexity index is 599. The summed E-state index contributed by atoms with van der Waals surface area (Å²) in [5, 5.41) is 11.0. The minimum Gasteiger partial charge on any atom is -0.465 e. The van der Waals surface area contributed by atoms with Gasteiger partial charge >= 0.3 is 6.09 Å². The minimum atomic E-state index is -1.03. The standard InChI is InChI=1S/C18H25N3O4/c22-17-6-5-16(21(17)8-7-20-9-11-25-12-10-20)15-3-1-14(2-4-15)13-19-18(23)24/h1-4,16,19H,5-13H2,(H,23,24). The predicted octanol–water partition coefficient (Wildman–Crippen LogP) is 1.45. The van der Waals surface area contributed by atoms with E-state index in [2.05, 4.69) is 10.2 Å². The monoisotopic (exact) mass is 347 g/mol. The highest BCUT2D eigenvalue weighted by molar-refractivity contribution is 5.79. The Balaban J connectivity index is 1.59. The van der Waals surface area contributed by atoms with Crippen LogP contribution in [0, 0.1) is 0 Å². The number of morpholine rings is 1. The normalized spacial score (nSPS) is 21.5. The van der Waals surface area contributed by atoms with Gasteiger partial charge < -0.3 is 20.1 Å². The van der Waals surface area contributed by atoms with Crippen molar-refractivity contribution < 1.29 is 19.4 Å². The molecule has 1 unspecified atom stereocenters. The van der Waals surface area contributed by atoms with Crippen molar-refractivity contribution in [3.05, 3.63) is 35.4 Å². The highest BCUT2D eigenvalue weighted by atomic mass is 16.5. The van der Waals surface area contributed by atoms with Crippen LogP contribution in [0.4, 0.5) is 4.79 Å². The molecule has 2 amide bonds. The second-order valence-corrected chi connectivity index (χ2v) is 6.50. The Hall–Kier alpha value is -2.12. The summed E-state index contributed by atoms with van der Waals surface area (Å²) in [6, 6.07) is 7.98. The number of nitrogens with one attached hydrogen (secondary N) is 1. The average molecular weight is 347 g/mol. The van der Waals surface area contributed by atoms with E-state index < -0.39 is 6.09 Å². The van der Waals surface area contributed by atoms with E-state index in [-0.39, 0.29) is 11.9 Å². The van der Waals surface area contributed by atoms with Crippen LogP contribution in [0.2, 0.25) is 0 Å². The molecule has 7 nitrogen and oxygen atoms in total. The van der Waals surface area contributed by atoms with Crippen molar-refractivity contribution in [3.8, 4) is 0 Å². The Morgan fingerprint density at radius 1 is 1.20 bits per heavy atom. The number of likely N-dealkylation sites (tertiary alicyclic amines) is 1. The van der Waals surface area contributed by atoms with E-state index in [0.717, 1.165) is 56.9 Å². The Morgan fingerprint density at radius 2 is 1.92 bits per heavy atom. The van der Waals surface area contributed by atoms with Gasteiger partial charge in [-0.05, 0) is 17.5 Å². The second-order valence-electron chi connectivity index (χ2n) is 6.50. The quantitative estimate of drug-likeness (QED) is 0.814. The largest absolute Gasteiger partial charge is 0.465 e. The first-order chi connectivity index (χ1) is 12.1. The molecule has 0 radical (unpaired) electrons. The highest BCUT2D eigenvalue weighted by Gasteiger charge is 2.32. The maximum absolute atomic E-state index is 12.3. The third-order valence-corrected chi connectivity index (χ3v) is 4.90. The molecule has 0 saturated carbocycles. The van der Waals surface area contributed by atoms with E-state index >= 15 is 0 Å². The number of benzene rings is 1. The van der Waals surface area contributed by atoms with Gasteiger partial charge in [-0.1, -0.05) is 24.3 Å². The summed E-state index contributed by atoms with van der Waals surface area (Å²) >= 11 is 0.